The fourth-order valence-corrected chi connectivity index (χ4v) is 4.05. The number of sulfonamides is 1. The van der Waals surface area contributed by atoms with Crippen LogP contribution in [0.3, 0.4) is 0 Å². The maximum Gasteiger partial charge on any atom is 0.416 e. The number of benzene rings is 1. The van der Waals surface area contributed by atoms with Crippen LogP contribution in [0.25, 0.3) is 0 Å². The fourth-order valence-electron chi connectivity index (χ4n) is 2.37. The van der Waals surface area contributed by atoms with E-state index in [9.17, 15) is 26.0 Å². The van der Waals surface area contributed by atoms with Crippen molar-refractivity contribution >= 4 is 22.4 Å². The van der Waals surface area contributed by atoms with Gasteiger partial charge in [-0.1, -0.05) is 6.92 Å². The van der Waals surface area contributed by atoms with Gasteiger partial charge in [-0.3, -0.25) is 0 Å². The Labute approximate surface area is 138 Å². The molecule has 1 atom stereocenters. The van der Waals surface area contributed by atoms with Crippen molar-refractivity contribution in [2.45, 2.75) is 24.4 Å². The molecule has 0 spiro atoms. The molecule has 4 nitrogen and oxygen atoms in total. The molecule has 1 fully saturated rings. The van der Waals surface area contributed by atoms with E-state index in [-0.39, 0.29) is 32.0 Å². The standard InChI is InChI=1S/C13H16F4N2O2S.ClH/c1-12(7-18)4-5-19(8-12)22(20,21)11-6-9(13(15,16)17)2-3-10(11)14;/h2-3,6H,4-5,7-8,18H2,1H3;1H. The highest BCUT2D eigenvalue weighted by atomic mass is 35.5. The Morgan fingerprint density at radius 3 is 2.43 bits per heavy atom. The van der Waals surface area contributed by atoms with Crippen LogP contribution in [0.1, 0.15) is 18.9 Å². The largest absolute Gasteiger partial charge is 0.416 e. The molecule has 1 aliphatic heterocycles. The number of nitrogens with zero attached hydrogens (tertiary/aromatic N) is 1. The van der Waals surface area contributed by atoms with Crippen molar-refractivity contribution < 1.29 is 26.0 Å². The average molecular weight is 377 g/mol. The highest BCUT2D eigenvalue weighted by Crippen LogP contribution is 2.35. The van der Waals surface area contributed by atoms with Gasteiger partial charge in [-0.15, -0.1) is 12.4 Å². The highest BCUT2D eigenvalue weighted by Gasteiger charge is 2.41. The molecule has 0 bridgehead atoms. The number of rotatable bonds is 3. The van der Waals surface area contributed by atoms with Crippen LogP contribution in [0, 0.1) is 11.2 Å². The smallest absolute Gasteiger partial charge is 0.330 e. The predicted molar refractivity (Wildman–Crippen MR) is 79.2 cm³/mol. The number of halogens is 5. The van der Waals surface area contributed by atoms with Crippen LogP contribution in [0.15, 0.2) is 23.1 Å². The maximum absolute atomic E-state index is 13.8. The molecule has 0 aliphatic carbocycles. The van der Waals surface area contributed by atoms with Gasteiger partial charge in [0.1, 0.15) is 10.7 Å². The summed E-state index contributed by atoms with van der Waals surface area (Å²) in [6.45, 7) is 2.18. The van der Waals surface area contributed by atoms with Gasteiger partial charge in [-0.2, -0.15) is 17.5 Å². The Kier molecular flexibility index (Phi) is 5.73. The molecule has 1 aliphatic rings. The lowest BCUT2D eigenvalue weighted by Crippen LogP contribution is -2.35. The molecule has 0 aromatic heterocycles. The molecule has 10 heteroatoms. The van der Waals surface area contributed by atoms with E-state index < -0.39 is 37.9 Å². The number of nitrogens with two attached hydrogens (primary N) is 1. The van der Waals surface area contributed by atoms with E-state index in [1.807, 2.05) is 0 Å². The first kappa shape index (κ1) is 20.1. The van der Waals surface area contributed by atoms with Crippen LogP contribution in [0.2, 0.25) is 0 Å². The lowest BCUT2D eigenvalue weighted by Gasteiger charge is -2.22. The Bertz CT molecular complexity index is 681. The van der Waals surface area contributed by atoms with Gasteiger partial charge in [0.25, 0.3) is 0 Å². The van der Waals surface area contributed by atoms with Crippen LogP contribution in [0.5, 0.6) is 0 Å². The summed E-state index contributed by atoms with van der Waals surface area (Å²) < 4.78 is 77.7. The second-order valence-electron chi connectivity index (χ2n) is 5.75. The van der Waals surface area contributed by atoms with Crippen LogP contribution >= 0.6 is 12.4 Å². The predicted octanol–water partition coefficient (Wildman–Crippen LogP) is 2.63. The van der Waals surface area contributed by atoms with Crippen molar-refractivity contribution in [3.05, 3.63) is 29.6 Å². The Morgan fingerprint density at radius 1 is 1.35 bits per heavy atom. The first-order valence-electron chi connectivity index (χ1n) is 6.57. The SMILES string of the molecule is CC1(CN)CCN(S(=O)(=O)c2cc(C(F)(F)F)ccc2F)C1.Cl. The first-order chi connectivity index (χ1) is 9.99. The summed E-state index contributed by atoms with van der Waals surface area (Å²) in [6, 6.07) is 1.37. The number of hydrogen-bond donors (Lipinski definition) is 1. The van der Waals surface area contributed by atoms with Gasteiger partial charge < -0.3 is 5.73 Å². The summed E-state index contributed by atoms with van der Waals surface area (Å²) >= 11 is 0. The van der Waals surface area contributed by atoms with Crippen molar-refractivity contribution in [2.24, 2.45) is 11.1 Å². The second kappa shape index (κ2) is 6.54. The van der Waals surface area contributed by atoms with Crippen molar-refractivity contribution in [3.8, 4) is 0 Å². The van der Waals surface area contributed by atoms with Gasteiger partial charge in [0.15, 0.2) is 0 Å². The van der Waals surface area contributed by atoms with E-state index in [2.05, 4.69) is 0 Å². The molecule has 1 aromatic carbocycles. The molecule has 0 saturated carbocycles. The van der Waals surface area contributed by atoms with Gasteiger partial charge in [0.2, 0.25) is 10.0 Å². The quantitative estimate of drug-likeness (QED) is 0.825. The average Bonchev–Trinajstić information content (AvgIpc) is 2.82. The Hall–Kier alpha value is -0.900. The van der Waals surface area contributed by atoms with Gasteiger partial charge in [-0.25, -0.2) is 12.8 Å². The first-order valence-corrected chi connectivity index (χ1v) is 8.01. The van der Waals surface area contributed by atoms with Crippen molar-refractivity contribution in [1.29, 1.82) is 0 Å². The minimum atomic E-state index is -4.74. The van der Waals surface area contributed by atoms with Crippen LogP contribution < -0.4 is 5.73 Å². The zero-order valence-electron chi connectivity index (χ0n) is 12.2. The molecule has 132 valence electrons. The van der Waals surface area contributed by atoms with E-state index in [1.165, 1.54) is 0 Å². The molecular formula is C13H17ClF4N2O2S. The normalized spacial score (nSPS) is 22.9. The van der Waals surface area contributed by atoms with Gasteiger partial charge >= 0.3 is 6.18 Å². The summed E-state index contributed by atoms with van der Waals surface area (Å²) in [4.78, 5) is -0.955. The molecule has 1 unspecified atom stereocenters. The highest BCUT2D eigenvalue weighted by molar-refractivity contribution is 7.89. The van der Waals surface area contributed by atoms with Crippen LogP contribution in [0.4, 0.5) is 17.6 Å². The Balaban J connectivity index is 0.00000264. The third-order valence-corrected chi connectivity index (χ3v) is 5.75. The third-order valence-electron chi connectivity index (χ3n) is 3.89. The van der Waals surface area contributed by atoms with E-state index >= 15 is 0 Å². The van der Waals surface area contributed by atoms with Gasteiger partial charge in [0, 0.05) is 13.1 Å². The zero-order valence-corrected chi connectivity index (χ0v) is 13.9. The Morgan fingerprint density at radius 2 is 1.96 bits per heavy atom. The van der Waals surface area contributed by atoms with E-state index in [4.69, 9.17) is 5.73 Å². The second-order valence-corrected chi connectivity index (χ2v) is 7.65. The lowest BCUT2D eigenvalue weighted by atomic mass is 9.90. The summed E-state index contributed by atoms with van der Waals surface area (Å²) in [5.74, 6) is -1.20. The number of hydrogen-bond acceptors (Lipinski definition) is 3. The maximum atomic E-state index is 13.8. The zero-order chi connectivity index (χ0) is 16.8. The van der Waals surface area contributed by atoms with Crippen LogP contribution in [-0.2, 0) is 16.2 Å². The van der Waals surface area contributed by atoms with E-state index in [0.29, 0.717) is 24.6 Å². The molecular weight excluding hydrogens is 360 g/mol. The van der Waals surface area contributed by atoms with Crippen LogP contribution in [-0.4, -0.2) is 32.4 Å². The molecule has 0 radical (unpaired) electrons. The van der Waals surface area contributed by atoms with Crippen molar-refractivity contribution in [1.82, 2.24) is 4.31 Å². The van der Waals surface area contributed by atoms with E-state index in [0.717, 1.165) is 4.31 Å². The van der Waals surface area contributed by atoms with Crippen molar-refractivity contribution in [2.75, 3.05) is 19.6 Å². The summed E-state index contributed by atoms with van der Waals surface area (Å²) in [6.07, 6.45) is -4.27. The molecule has 2 rings (SSSR count). The summed E-state index contributed by atoms with van der Waals surface area (Å²) in [5.41, 5.74) is 3.93. The molecule has 1 aromatic rings. The van der Waals surface area contributed by atoms with E-state index in [1.54, 1.807) is 6.92 Å². The molecule has 1 heterocycles. The van der Waals surface area contributed by atoms with Gasteiger partial charge in [-0.05, 0) is 36.6 Å². The fraction of sp³-hybridized carbons (Fsp3) is 0.538. The molecule has 0 amide bonds. The monoisotopic (exact) mass is 376 g/mol. The number of alkyl halides is 3. The minimum absolute atomic E-state index is 0. The molecule has 2 N–H and O–H groups in total. The van der Waals surface area contributed by atoms with Crippen molar-refractivity contribution in [3.63, 3.8) is 0 Å². The molecule has 1 saturated heterocycles. The topological polar surface area (TPSA) is 63.4 Å². The summed E-state index contributed by atoms with van der Waals surface area (Å²) in [5, 5.41) is 0. The van der Waals surface area contributed by atoms with Gasteiger partial charge in [0.05, 0.1) is 5.56 Å². The molecule has 23 heavy (non-hydrogen) atoms. The third kappa shape index (κ3) is 3.96. The lowest BCUT2D eigenvalue weighted by molar-refractivity contribution is -0.137. The minimum Gasteiger partial charge on any atom is -0.330 e. The summed E-state index contributed by atoms with van der Waals surface area (Å²) in [7, 11) is -4.33.